The summed E-state index contributed by atoms with van der Waals surface area (Å²) in [4.78, 5) is 0. The first-order valence-corrected chi connectivity index (χ1v) is 14.6. The second-order valence-corrected chi connectivity index (χ2v) is 14.3. The molecule has 0 saturated heterocycles. The number of benzene rings is 2. The van der Waals surface area contributed by atoms with Gasteiger partial charge >= 0.3 is 199 Å². The average molecular weight is 482 g/mol. The summed E-state index contributed by atoms with van der Waals surface area (Å²) < 4.78 is 1.63. The molecule has 0 N–H and O–H groups in total. The zero-order valence-electron chi connectivity index (χ0n) is 19.0. The van der Waals surface area contributed by atoms with Gasteiger partial charge in [0, 0.05) is 0 Å². The molecule has 0 aliphatic heterocycles. The Labute approximate surface area is 198 Å². The molecule has 0 fully saturated rings. The van der Waals surface area contributed by atoms with Crippen molar-refractivity contribution in [1.82, 2.24) is 0 Å². The maximum absolute atomic E-state index is 2.47. The summed E-state index contributed by atoms with van der Waals surface area (Å²) in [5.74, 6) is 1.08. The minimum absolute atomic E-state index is 0.542. The van der Waals surface area contributed by atoms with Gasteiger partial charge in [-0.3, -0.25) is 0 Å². The molecule has 0 spiro atoms. The van der Waals surface area contributed by atoms with Crippen LogP contribution in [0, 0.1) is 27.7 Å². The van der Waals surface area contributed by atoms with Crippen molar-refractivity contribution < 1.29 is 23.2 Å². The molecule has 1 heteroatoms. The second kappa shape index (κ2) is 7.42. The van der Waals surface area contributed by atoms with E-state index in [9.17, 15) is 0 Å². The van der Waals surface area contributed by atoms with Crippen molar-refractivity contribution in [3.05, 3.63) is 116 Å². The summed E-state index contributed by atoms with van der Waals surface area (Å²) in [7, 11) is 0. The van der Waals surface area contributed by atoms with Crippen LogP contribution < -0.4 is 0 Å². The number of fused-ring (bicyclic) bond motifs is 6. The standard InChI is InChI=1S/2C15H15.Zr/c2*1-10-8-11(2)13-7-6-12-4-3-5-14(12)15(13)9-10;/h2*3-6,8-9,14H,7H2,1-2H3;. The van der Waals surface area contributed by atoms with Crippen molar-refractivity contribution in [2.75, 3.05) is 0 Å². The van der Waals surface area contributed by atoms with Crippen molar-refractivity contribution in [3.63, 3.8) is 0 Å². The molecule has 0 heterocycles. The Kier molecular flexibility index (Phi) is 4.77. The Morgan fingerprint density at radius 2 is 1.10 bits per heavy atom. The van der Waals surface area contributed by atoms with Crippen molar-refractivity contribution >= 4 is 0 Å². The predicted octanol–water partition coefficient (Wildman–Crippen LogP) is 7.55. The van der Waals surface area contributed by atoms with E-state index in [0.29, 0.717) is 11.8 Å². The predicted molar refractivity (Wildman–Crippen MR) is 127 cm³/mol. The zero-order valence-corrected chi connectivity index (χ0v) is 21.5. The van der Waals surface area contributed by atoms with Crippen molar-refractivity contribution in [2.24, 2.45) is 0 Å². The molecule has 0 saturated carbocycles. The van der Waals surface area contributed by atoms with Gasteiger partial charge in [-0.25, -0.2) is 0 Å². The summed E-state index contributed by atoms with van der Waals surface area (Å²) >= 11 is -0.686. The first kappa shape index (κ1) is 19.9. The maximum atomic E-state index is 2.47. The van der Waals surface area contributed by atoms with Crippen molar-refractivity contribution in [3.8, 4) is 0 Å². The molecule has 0 nitrogen and oxygen atoms in total. The molecule has 4 aliphatic rings. The zero-order chi connectivity index (χ0) is 21.3. The van der Waals surface area contributed by atoms with Crippen LogP contribution in [0.4, 0.5) is 0 Å². The van der Waals surface area contributed by atoms with E-state index in [4.69, 9.17) is 0 Å². The van der Waals surface area contributed by atoms with Crippen molar-refractivity contribution in [2.45, 2.75) is 59.6 Å². The van der Waals surface area contributed by atoms with Gasteiger partial charge in [0.1, 0.15) is 0 Å². The van der Waals surface area contributed by atoms with E-state index in [0.717, 1.165) is 7.25 Å². The van der Waals surface area contributed by atoms with Crippen LogP contribution >= 0.6 is 0 Å². The van der Waals surface area contributed by atoms with Gasteiger partial charge in [-0.2, -0.15) is 0 Å². The third-order valence-electron chi connectivity index (χ3n) is 7.90. The van der Waals surface area contributed by atoms with Gasteiger partial charge in [0.15, 0.2) is 0 Å². The van der Waals surface area contributed by atoms with Gasteiger partial charge in [0.05, 0.1) is 0 Å². The molecule has 4 unspecified atom stereocenters. The van der Waals surface area contributed by atoms with E-state index in [1.165, 1.54) is 35.1 Å². The van der Waals surface area contributed by atoms with Crippen molar-refractivity contribution in [1.29, 1.82) is 0 Å². The Morgan fingerprint density at radius 1 is 0.645 bits per heavy atom. The molecule has 0 bridgehead atoms. The molecule has 31 heavy (non-hydrogen) atoms. The van der Waals surface area contributed by atoms with Gasteiger partial charge in [0.25, 0.3) is 0 Å². The molecule has 2 aromatic rings. The fourth-order valence-electron chi connectivity index (χ4n) is 6.59. The number of hydrogen-bond acceptors (Lipinski definition) is 0. The Morgan fingerprint density at radius 3 is 1.55 bits per heavy atom. The minimum atomic E-state index is -0.686. The number of rotatable bonds is 2. The van der Waals surface area contributed by atoms with Crippen LogP contribution in [0.5, 0.6) is 0 Å². The average Bonchev–Trinajstić information content (AvgIpc) is 3.39. The molecule has 0 aromatic heterocycles. The van der Waals surface area contributed by atoms with Gasteiger partial charge in [-0.15, -0.1) is 0 Å². The number of hydrogen-bond donors (Lipinski definition) is 0. The SMILES string of the molecule is Cc1cc(C)c2c(c1)C1C=CC=C1[CH]([Zr][CH]1Cc3c(C)cc(C)cc3C3C=CC=C13)C2. The second-order valence-electron chi connectivity index (χ2n) is 10.0. The monoisotopic (exact) mass is 480 g/mol. The third kappa shape index (κ3) is 3.19. The first-order chi connectivity index (χ1) is 15.0. The van der Waals surface area contributed by atoms with Gasteiger partial charge in [-0.1, -0.05) is 0 Å². The first-order valence-electron chi connectivity index (χ1n) is 11.7. The van der Waals surface area contributed by atoms with E-state index in [1.807, 2.05) is 0 Å². The van der Waals surface area contributed by atoms with E-state index in [-0.39, 0.29) is 0 Å². The Hall–Kier alpha value is -1.72. The number of allylic oxidation sites excluding steroid dienone is 8. The fourth-order valence-corrected chi connectivity index (χ4v) is 11.7. The van der Waals surface area contributed by atoms with Gasteiger partial charge in [0.2, 0.25) is 0 Å². The summed E-state index contributed by atoms with van der Waals surface area (Å²) in [5, 5.41) is 0. The molecular formula is C30H30Zr. The molecule has 2 aromatic carbocycles. The normalized spacial score (nSPS) is 27.2. The van der Waals surface area contributed by atoms with Crippen LogP contribution in [0.1, 0.15) is 56.3 Å². The molecule has 4 aliphatic carbocycles. The van der Waals surface area contributed by atoms with Gasteiger partial charge < -0.3 is 0 Å². The Bertz CT molecular complexity index is 1120. The third-order valence-corrected chi connectivity index (χ3v) is 12.5. The van der Waals surface area contributed by atoms with E-state index >= 15 is 0 Å². The molecule has 0 radical (unpaired) electrons. The topological polar surface area (TPSA) is 0 Å². The van der Waals surface area contributed by atoms with Gasteiger partial charge in [-0.05, 0) is 0 Å². The Balaban J connectivity index is 1.37. The van der Waals surface area contributed by atoms with Crippen LogP contribution in [0.3, 0.4) is 0 Å². The molecular weight excluding hydrogens is 452 g/mol. The summed E-state index contributed by atoms with van der Waals surface area (Å²) in [6.07, 6.45) is 17.1. The van der Waals surface area contributed by atoms with E-state index < -0.39 is 23.2 Å². The van der Waals surface area contributed by atoms with Crippen LogP contribution in [0.15, 0.2) is 71.9 Å². The van der Waals surface area contributed by atoms with E-state index in [2.05, 4.69) is 88.4 Å². The summed E-state index contributed by atoms with van der Waals surface area (Å²) in [6.45, 7) is 9.18. The summed E-state index contributed by atoms with van der Waals surface area (Å²) in [5.41, 5.74) is 15.8. The fraction of sp³-hybridized carbons (Fsp3) is 0.333. The molecule has 0 amide bonds. The quantitative estimate of drug-likeness (QED) is 0.415. The van der Waals surface area contributed by atoms with Crippen LogP contribution in [0.25, 0.3) is 0 Å². The van der Waals surface area contributed by atoms with E-state index in [1.54, 1.807) is 33.4 Å². The molecule has 154 valence electrons. The molecule has 4 atom stereocenters. The van der Waals surface area contributed by atoms with Crippen LogP contribution in [-0.4, -0.2) is 0 Å². The molecule has 6 rings (SSSR count). The number of aryl methyl sites for hydroxylation is 4. The van der Waals surface area contributed by atoms with Crippen LogP contribution in [-0.2, 0) is 36.1 Å². The van der Waals surface area contributed by atoms with Crippen LogP contribution in [0.2, 0.25) is 7.25 Å². The summed E-state index contributed by atoms with van der Waals surface area (Å²) in [6, 6.07) is 9.71.